The Morgan fingerprint density at radius 1 is 1.57 bits per heavy atom. The Bertz CT molecular complexity index is 623. The summed E-state index contributed by atoms with van der Waals surface area (Å²) >= 11 is 0. The first kappa shape index (κ1) is 15.8. The first-order valence-electron chi connectivity index (χ1n) is 6.66. The Hall–Kier alpha value is -1.63. The highest BCUT2D eigenvalue weighted by atomic mass is 35.5. The standard InChI is InChI=1S/C14H17N3O3.ClH/c1-19-8-13-17-11-6-10(2-3-12(11)20-13)16-14(18)9-4-5-15-7-9;/h2-3,6,9,15H,4-5,7-8H2,1H3,(H,16,18);1H. The van der Waals surface area contributed by atoms with Gasteiger partial charge in [0.2, 0.25) is 11.8 Å². The number of anilines is 1. The van der Waals surface area contributed by atoms with E-state index in [2.05, 4.69) is 15.6 Å². The van der Waals surface area contributed by atoms with E-state index in [0.29, 0.717) is 18.1 Å². The number of methoxy groups -OCH3 is 1. The van der Waals surface area contributed by atoms with Crippen molar-refractivity contribution in [3.63, 3.8) is 0 Å². The third-order valence-corrected chi connectivity index (χ3v) is 3.40. The molecular weight excluding hydrogens is 294 g/mol. The van der Waals surface area contributed by atoms with E-state index >= 15 is 0 Å². The summed E-state index contributed by atoms with van der Waals surface area (Å²) in [6, 6.07) is 5.45. The van der Waals surface area contributed by atoms with Gasteiger partial charge in [0.15, 0.2) is 5.58 Å². The van der Waals surface area contributed by atoms with Crippen LogP contribution in [-0.2, 0) is 16.1 Å². The van der Waals surface area contributed by atoms with Crippen LogP contribution in [0.3, 0.4) is 0 Å². The zero-order valence-electron chi connectivity index (χ0n) is 11.7. The molecule has 1 aromatic carbocycles. The van der Waals surface area contributed by atoms with Crippen LogP contribution < -0.4 is 10.6 Å². The van der Waals surface area contributed by atoms with Crippen LogP contribution >= 0.6 is 12.4 Å². The van der Waals surface area contributed by atoms with Crippen molar-refractivity contribution in [1.82, 2.24) is 10.3 Å². The van der Waals surface area contributed by atoms with Crippen LogP contribution in [-0.4, -0.2) is 31.1 Å². The fourth-order valence-electron chi connectivity index (χ4n) is 2.36. The number of oxazole rings is 1. The minimum atomic E-state index is 0. The van der Waals surface area contributed by atoms with Gasteiger partial charge in [0, 0.05) is 19.3 Å². The van der Waals surface area contributed by atoms with Crippen LogP contribution in [0.2, 0.25) is 0 Å². The summed E-state index contributed by atoms with van der Waals surface area (Å²) in [5.41, 5.74) is 2.16. The maximum atomic E-state index is 12.0. The van der Waals surface area contributed by atoms with E-state index in [0.717, 1.165) is 30.7 Å². The third kappa shape index (κ3) is 3.53. The molecule has 0 spiro atoms. The molecule has 0 bridgehead atoms. The van der Waals surface area contributed by atoms with Crippen molar-refractivity contribution in [2.75, 3.05) is 25.5 Å². The van der Waals surface area contributed by atoms with Crippen LogP contribution in [0.4, 0.5) is 5.69 Å². The lowest BCUT2D eigenvalue weighted by molar-refractivity contribution is -0.119. The van der Waals surface area contributed by atoms with E-state index in [1.54, 1.807) is 7.11 Å². The van der Waals surface area contributed by atoms with Crippen molar-refractivity contribution in [3.8, 4) is 0 Å². The monoisotopic (exact) mass is 311 g/mol. The summed E-state index contributed by atoms with van der Waals surface area (Å²) in [5, 5.41) is 6.11. The summed E-state index contributed by atoms with van der Waals surface area (Å²) < 4.78 is 10.5. The van der Waals surface area contributed by atoms with Crippen LogP contribution in [0, 0.1) is 5.92 Å². The lowest BCUT2D eigenvalue weighted by atomic mass is 10.1. The second kappa shape index (κ2) is 6.89. The highest BCUT2D eigenvalue weighted by Crippen LogP contribution is 2.21. The maximum Gasteiger partial charge on any atom is 0.228 e. The number of nitrogens with one attached hydrogen (secondary N) is 2. The average molecular weight is 312 g/mol. The molecule has 0 radical (unpaired) electrons. The van der Waals surface area contributed by atoms with Gasteiger partial charge in [0.25, 0.3) is 0 Å². The minimum absolute atomic E-state index is 0. The van der Waals surface area contributed by atoms with Gasteiger partial charge in [-0.25, -0.2) is 4.98 Å². The average Bonchev–Trinajstić information content (AvgIpc) is 3.07. The Labute approximate surface area is 128 Å². The molecule has 1 amide bonds. The zero-order valence-corrected chi connectivity index (χ0v) is 12.5. The zero-order chi connectivity index (χ0) is 13.9. The Morgan fingerprint density at radius 3 is 3.14 bits per heavy atom. The minimum Gasteiger partial charge on any atom is -0.438 e. The SMILES string of the molecule is COCc1nc2cc(NC(=O)C3CCNC3)ccc2o1.Cl. The first-order valence-corrected chi connectivity index (χ1v) is 6.66. The number of fused-ring (bicyclic) bond motifs is 1. The van der Waals surface area contributed by atoms with Crippen molar-refractivity contribution < 1.29 is 13.9 Å². The van der Waals surface area contributed by atoms with E-state index in [1.807, 2.05) is 18.2 Å². The number of amides is 1. The van der Waals surface area contributed by atoms with Gasteiger partial charge in [-0.05, 0) is 31.2 Å². The molecule has 1 fully saturated rings. The van der Waals surface area contributed by atoms with Crippen LogP contribution in [0.5, 0.6) is 0 Å². The van der Waals surface area contributed by atoms with Crippen molar-refractivity contribution >= 4 is 35.1 Å². The molecule has 0 saturated carbocycles. The number of aromatic nitrogens is 1. The Kier molecular flexibility index (Phi) is 5.17. The topological polar surface area (TPSA) is 76.4 Å². The number of halogens is 1. The van der Waals surface area contributed by atoms with Crippen molar-refractivity contribution in [1.29, 1.82) is 0 Å². The van der Waals surface area contributed by atoms with Crippen molar-refractivity contribution in [2.45, 2.75) is 13.0 Å². The highest BCUT2D eigenvalue weighted by molar-refractivity contribution is 5.94. The number of carbonyl (C=O) groups excluding carboxylic acids is 1. The van der Waals surface area contributed by atoms with Crippen molar-refractivity contribution in [2.24, 2.45) is 5.92 Å². The number of hydrogen-bond donors (Lipinski definition) is 2. The predicted molar refractivity (Wildman–Crippen MR) is 81.6 cm³/mol. The molecule has 1 atom stereocenters. The third-order valence-electron chi connectivity index (χ3n) is 3.40. The molecule has 2 N–H and O–H groups in total. The molecule has 1 saturated heterocycles. The number of nitrogens with zero attached hydrogens (tertiary/aromatic N) is 1. The van der Waals surface area contributed by atoms with E-state index in [1.165, 1.54) is 0 Å². The summed E-state index contributed by atoms with van der Waals surface area (Å²) in [5.74, 6) is 0.632. The van der Waals surface area contributed by atoms with Gasteiger partial charge in [-0.2, -0.15) is 0 Å². The number of hydrogen-bond acceptors (Lipinski definition) is 5. The lowest BCUT2D eigenvalue weighted by Crippen LogP contribution is -2.24. The highest BCUT2D eigenvalue weighted by Gasteiger charge is 2.22. The number of carbonyl (C=O) groups is 1. The van der Waals surface area contributed by atoms with Gasteiger partial charge in [-0.15, -0.1) is 12.4 Å². The molecule has 7 heteroatoms. The lowest BCUT2D eigenvalue weighted by Gasteiger charge is -2.09. The van der Waals surface area contributed by atoms with Gasteiger partial charge in [-0.3, -0.25) is 4.79 Å². The predicted octanol–water partition coefficient (Wildman–Crippen LogP) is 1.94. The Morgan fingerprint density at radius 2 is 2.43 bits per heavy atom. The van der Waals surface area contributed by atoms with Crippen LogP contribution in [0.15, 0.2) is 22.6 Å². The number of ether oxygens (including phenoxy) is 1. The molecule has 114 valence electrons. The fraction of sp³-hybridized carbons (Fsp3) is 0.429. The van der Waals surface area contributed by atoms with Gasteiger partial charge in [0.05, 0.1) is 5.92 Å². The molecule has 1 aliphatic heterocycles. The molecule has 0 aliphatic carbocycles. The fourth-order valence-corrected chi connectivity index (χ4v) is 2.36. The van der Waals surface area contributed by atoms with E-state index < -0.39 is 0 Å². The van der Waals surface area contributed by atoms with E-state index in [-0.39, 0.29) is 24.2 Å². The second-order valence-electron chi connectivity index (χ2n) is 4.90. The van der Waals surface area contributed by atoms with E-state index in [9.17, 15) is 4.79 Å². The second-order valence-corrected chi connectivity index (χ2v) is 4.90. The summed E-state index contributed by atoms with van der Waals surface area (Å²) in [4.78, 5) is 16.4. The van der Waals surface area contributed by atoms with Crippen LogP contribution in [0.25, 0.3) is 11.1 Å². The summed E-state index contributed by atoms with van der Waals surface area (Å²) in [7, 11) is 1.59. The van der Waals surface area contributed by atoms with Crippen LogP contribution in [0.1, 0.15) is 12.3 Å². The largest absolute Gasteiger partial charge is 0.438 e. The molecule has 2 heterocycles. The molecule has 1 aliphatic rings. The van der Waals surface area contributed by atoms with E-state index in [4.69, 9.17) is 9.15 Å². The first-order chi connectivity index (χ1) is 9.76. The smallest absolute Gasteiger partial charge is 0.228 e. The van der Waals surface area contributed by atoms with Crippen molar-refractivity contribution in [3.05, 3.63) is 24.1 Å². The van der Waals surface area contributed by atoms with Gasteiger partial charge < -0.3 is 19.8 Å². The molecule has 21 heavy (non-hydrogen) atoms. The maximum absolute atomic E-state index is 12.0. The number of benzene rings is 1. The number of rotatable bonds is 4. The quantitative estimate of drug-likeness (QED) is 0.902. The normalized spacial score (nSPS) is 17.7. The summed E-state index contributed by atoms with van der Waals surface area (Å²) in [6.07, 6.45) is 0.885. The van der Waals surface area contributed by atoms with Gasteiger partial charge in [-0.1, -0.05) is 0 Å². The molecule has 1 aromatic heterocycles. The molecule has 6 nitrogen and oxygen atoms in total. The summed E-state index contributed by atoms with van der Waals surface area (Å²) in [6.45, 7) is 1.99. The van der Waals surface area contributed by atoms with Gasteiger partial charge in [0.1, 0.15) is 12.1 Å². The molecule has 3 rings (SSSR count). The molecular formula is C14H18ClN3O3. The molecule has 2 aromatic rings. The van der Waals surface area contributed by atoms with Gasteiger partial charge >= 0.3 is 0 Å². The molecule has 1 unspecified atom stereocenters. The Balaban J connectivity index is 0.00000161.